The van der Waals surface area contributed by atoms with Crippen molar-refractivity contribution in [1.29, 1.82) is 0 Å². The summed E-state index contributed by atoms with van der Waals surface area (Å²) in [6, 6.07) is 0.521. The van der Waals surface area contributed by atoms with E-state index in [4.69, 9.17) is 4.99 Å². The first-order valence-corrected chi connectivity index (χ1v) is 12.6. The molecule has 2 fully saturated rings. The molecule has 2 nitrogen and oxygen atoms in total. The van der Waals surface area contributed by atoms with Crippen LogP contribution in [0.4, 0.5) is 0 Å². The summed E-state index contributed by atoms with van der Waals surface area (Å²) in [5.74, 6) is 3.52. The molecular formula is C23H44N2S. The number of nitrogens with one attached hydrogen (secondary N) is 1. The summed E-state index contributed by atoms with van der Waals surface area (Å²) in [5, 5.41) is 4.88. The van der Waals surface area contributed by atoms with Crippen LogP contribution < -0.4 is 5.32 Å². The van der Waals surface area contributed by atoms with Gasteiger partial charge >= 0.3 is 0 Å². The maximum absolute atomic E-state index is 5.34. The molecule has 2 saturated carbocycles. The summed E-state index contributed by atoms with van der Waals surface area (Å²) >= 11 is 1.80. The molecular weight excluding hydrogens is 336 g/mol. The van der Waals surface area contributed by atoms with Crippen LogP contribution in [0.1, 0.15) is 98.8 Å². The van der Waals surface area contributed by atoms with Crippen molar-refractivity contribution in [3.63, 3.8) is 0 Å². The molecule has 152 valence electrons. The molecule has 0 bridgehead atoms. The molecule has 0 amide bonds. The van der Waals surface area contributed by atoms with Crippen LogP contribution in [-0.4, -0.2) is 23.0 Å². The maximum atomic E-state index is 5.34. The fourth-order valence-corrected chi connectivity index (χ4v) is 5.81. The van der Waals surface area contributed by atoms with Crippen molar-refractivity contribution in [2.45, 2.75) is 110 Å². The molecule has 0 aromatic carbocycles. The Hall–Kier alpha value is -0.180. The third kappa shape index (κ3) is 5.91. The van der Waals surface area contributed by atoms with E-state index in [1.807, 2.05) is 0 Å². The zero-order valence-electron chi connectivity index (χ0n) is 18.3. The molecule has 1 N–H and O–H groups in total. The summed E-state index contributed by atoms with van der Waals surface area (Å²) < 4.78 is 0. The van der Waals surface area contributed by atoms with E-state index < -0.39 is 0 Å². The van der Waals surface area contributed by atoms with E-state index in [9.17, 15) is 0 Å². The van der Waals surface area contributed by atoms with Crippen molar-refractivity contribution in [2.24, 2.45) is 28.7 Å². The number of thioether (sulfide) groups is 1. The first kappa shape index (κ1) is 22.1. The lowest BCUT2D eigenvalue weighted by atomic mass is 9.64. The van der Waals surface area contributed by atoms with Crippen LogP contribution in [0.25, 0.3) is 0 Å². The number of nitrogens with zero attached hydrogens (tertiary/aromatic N) is 1. The predicted octanol–water partition coefficient (Wildman–Crippen LogP) is 6.89. The molecule has 3 heteroatoms. The van der Waals surface area contributed by atoms with E-state index in [0.717, 1.165) is 35.3 Å². The standard InChI is InChI=1S/C23H44N2S/c1-7-17-15-20(19-13-11-10-12-14-19)16-18(8-2)21(17)24-22(26-6)25-23(4,5)9-3/h17-21H,7-16H2,1-6H3,(H,24,25). The smallest absolute Gasteiger partial charge is 0.156 e. The minimum atomic E-state index is 0.130. The van der Waals surface area contributed by atoms with Crippen LogP contribution in [-0.2, 0) is 0 Å². The van der Waals surface area contributed by atoms with Gasteiger partial charge in [0.25, 0.3) is 0 Å². The van der Waals surface area contributed by atoms with Crippen LogP contribution in [0.3, 0.4) is 0 Å². The van der Waals surface area contributed by atoms with Gasteiger partial charge in [0.05, 0.1) is 6.04 Å². The topological polar surface area (TPSA) is 24.4 Å². The number of amidine groups is 1. The molecule has 0 saturated heterocycles. The van der Waals surface area contributed by atoms with E-state index >= 15 is 0 Å². The molecule has 26 heavy (non-hydrogen) atoms. The van der Waals surface area contributed by atoms with Gasteiger partial charge < -0.3 is 5.32 Å². The van der Waals surface area contributed by atoms with Gasteiger partial charge in [-0.2, -0.15) is 0 Å². The molecule has 0 aliphatic heterocycles. The molecule has 2 aliphatic carbocycles. The Kier molecular flexibility index (Phi) is 8.83. The Balaban J connectivity index is 2.14. The average molecular weight is 381 g/mol. The Labute approximate surface area is 167 Å². The van der Waals surface area contributed by atoms with E-state index in [2.05, 4.69) is 46.2 Å². The lowest BCUT2D eigenvalue weighted by molar-refractivity contribution is 0.0961. The van der Waals surface area contributed by atoms with Crippen LogP contribution in [0, 0.1) is 23.7 Å². The second-order valence-corrected chi connectivity index (χ2v) is 10.3. The summed E-state index contributed by atoms with van der Waals surface area (Å²) in [4.78, 5) is 5.34. The predicted molar refractivity (Wildman–Crippen MR) is 119 cm³/mol. The summed E-state index contributed by atoms with van der Waals surface area (Å²) in [7, 11) is 0. The van der Waals surface area contributed by atoms with Gasteiger partial charge in [-0.3, -0.25) is 4.99 Å². The van der Waals surface area contributed by atoms with E-state index in [1.54, 1.807) is 11.8 Å². The fourth-order valence-electron chi connectivity index (χ4n) is 5.20. The van der Waals surface area contributed by atoms with Crippen molar-refractivity contribution in [3.8, 4) is 0 Å². The zero-order chi connectivity index (χ0) is 19.2. The van der Waals surface area contributed by atoms with E-state index in [0.29, 0.717) is 6.04 Å². The highest BCUT2D eigenvalue weighted by Crippen LogP contribution is 2.45. The lowest BCUT2D eigenvalue weighted by Gasteiger charge is -2.44. The highest BCUT2D eigenvalue weighted by Gasteiger charge is 2.39. The molecule has 2 atom stereocenters. The second kappa shape index (κ2) is 10.4. The second-order valence-electron chi connectivity index (χ2n) is 9.46. The first-order chi connectivity index (χ1) is 12.4. The van der Waals surface area contributed by atoms with Gasteiger partial charge in [0.2, 0.25) is 0 Å². The quantitative estimate of drug-likeness (QED) is 0.400. The van der Waals surface area contributed by atoms with Gasteiger partial charge in [-0.1, -0.05) is 77.5 Å². The molecule has 0 heterocycles. The highest BCUT2D eigenvalue weighted by molar-refractivity contribution is 8.13. The Morgan fingerprint density at radius 3 is 2.00 bits per heavy atom. The number of rotatable bonds is 6. The lowest BCUT2D eigenvalue weighted by Crippen LogP contribution is -2.44. The van der Waals surface area contributed by atoms with Crippen molar-refractivity contribution in [1.82, 2.24) is 5.32 Å². The molecule has 2 aliphatic rings. The van der Waals surface area contributed by atoms with Crippen LogP contribution in [0.5, 0.6) is 0 Å². The van der Waals surface area contributed by atoms with E-state index in [1.165, 1.54) is 57.8 Å². The Morgan fingerprint density at radius 2 is 1.54 bits per heavy atom. The van der Waals surface area contributed by atoms with Gasteiger partial charge in [0.1, 0.15) is 0 Å². The Bertz CT molecular complexity index is 425. The third-order valence-corrected chi connectivity index (χ3v) is 7.93. The molecule has 0 aromatic rings. The SMILES string of the molecule is CCC1CC(C2CCCCC2)CC(CC)C1N=C(NC(C)(C)CC)SC. The van der Waals surface area contributed by atoms with Crippen molar-refractivity contribution < 1.29 is 0 Å². The van der Waals surface area contributed by atoms with Gasteiger partial charge in [-0.25, -0.2) is 0 Å². The largest absolute Gasteiger partial charge is 0.360 e. The number of aliphatic imine (C=N–C) groups is 1. The highest BCUT2D eigenvalue weighted by atomic mass is 32.2. The first-order valence-electron chi connectivity index (χ1n) is 11.3. The van der Waals surface area contributed by atoms with Crippen LogP contribution in [0.2, 0.25) is 0 Å². The third-order valence-electron chi connectivity index (χ3n) is 7.33. The van der Waals surface area contributed by atoms with Crippen LogP contribution >= 0.6 is 11.8 Å². The van der Waals surface area contributed by atoms with Crippen molar-refractivity contribution in [2.75, 3.05) is 6.26 Å². The molecule has 0 spiro atoms. The fraction of sp³-hybridized carbons (Fsp3) is 0.957. The van der Waals surface area contributed by atoms with Crippen LogP contribution in [0.15, 0.2) is 4.99 Å². The summed E-state index contributed by atoms with van der Waals surface area (Å²) in [6.07, 6.45) is 16.1. The minimum absolute atomic E-state index is 0.130. The molecule has 0 radical (unpaired) electrons. The van der Waals surface area contributed by atoms with E-state index in [-0.39, 0.29) is 5.54 Å². The molecule has 2 unspecified atom stereocenters. The van der Waals surface area contributed by atoms with Gasteiger partial charge in [0.15, 0.2) is 5.17 Å². The average Bonchev–Trinajstić information content (AvgIpc) is 2.67. The number of hydrogen-bond acceptors (Lipinski definition) is 2. The monoisotopic (exact) mass is 380 g/mol. The molecule has 2 rings (SSSR count). The van der Waals surface area contributed by atoms with Crippen molar-refractivity contribution in [3.05, 3.63) is 0 Å². The summed E-state index contributed by atoms with van der Waals surface area (Å²) in [5.41, 5.74) is 0.130. The van der Waals surface area contributed by atoms with Gasteiger partial charge in [0, 0.05) is 5.54 Å². The van der Waals surface area contributed by atoms with Gasteiger partial charge in [-0.05, 0) is 63.0 Å². The Morgan fingerprint density at radius 1 is 0.962 bits per heavy atom. The number of hydrogen-bond donors (Lipinski definition) is 1. The van der Waals surface area contributed by atoms with Crippen molar-refractivity contribution >= 4 is 16.9 Å². The van der Waals surface area contributed by atoms with Gasteiger partial charge in [-0.15, -0.1) is 0 Å². The zero-order valence-corrected chi connectivity index (χ0v) is 19.1. The minimum Gasteiger partial charge on any atom is -0.360 e. The molecule has 0 aromatic heterocycles. The maximum Gasteiger partial charge on any atom is 0.156 e. The normalized spacial score (nSPS) is 31.8. The summed E-state index contributed by atoms with van der Waals surface area (Å²) in [6.45, 7) is 11.6.